The molecule has 5 aromatic rings. The van der Waals surface area contributed by atoms with Gasteiger partial charge < -0.3 is 14.2 Å². The van der Waals surface area contributed by atoms with Gasteiger partial charge in [0.2, 0.25) is 21.7 Å². The SMILES string of the molecule is COc1ccccc1S(=O)(=O)N(Cc1ccc(OCc2nn[nH]n2)cc1)Cc1ccc(OCc2nn[nH]n2)cc1. The number of nitrogens with one attached hydrogen (secondary N) is 2. The zero-order valence-corrected chi connectivity index (χ0v) is 22.2. The molecule has 0 atom stereocenters. The molecule has 2 aromatic heterocycles. The standard InChI is InChI=1S/C25H25N9O5S/c1-37-22-4-2-3-5-23(22)40(35,36)34(14-18-6-10-20(11-7-18)38-16-24-26-30-31-27-24)15-19-8-12-21(13-9-19)39-17-25-28-32-33-29-25/h2-13H,14-17H2,1H3,(H,26,27,30,31)(H,28,29,32,33). The number of hydrogen-bond donors (Lipinski definition) is 2. The Bertz CT molecular complexity index is 1510. The normalized spacial score (nSPS) is 11.4. The van der Waals surface area contributed by atoms with Crippen molar-refractivity contribution in [1.82, 2.24) is 45.6 Å². The summed E-state index contributed by atoms with van der Waals surface area (Å²) in [5, 5.41) is 27.1. The van der Waals surface area contributed by atoms with Crippen LogP contribution in [0.4, 0.5) is 0 Å². The first-order chi connectivity index (χ1) is 19.5. The fourth-order valence-electron chi connectivity index (χ4n) is 3.77. The number of tetrazole rings is 2. The van der Waals surface area contributed by atoms with E-state index in [1.165, 1.54) is 17.5 Å². The van der Waals surface area contributed by atoms with Gasteiger partial charge >= 0.3 is 0 Å². The van der Waals surface area contributed by atoms with Crippen LogP contribution in [0.5, 0.6) is 17.2 Å². The van der Waals surface area contributed by atoms with E-state index in [4.69, 9.17) is 14.2 Å². The summed E-state index contributed by atoms with van der Waals surface area (Å²) in [6.07, 6.45) is 0. The average molecular weight is 564 g/mol. The number of rotatable bonds is 13. The number of ether oxygens (including phenoxy) is 3. The topological polar surface area (TPSA) is 174 Å². The van der Waals surface area contributed by atoms with Crippen molar-refractivity contribution in [1.29, 1.82) is 0 Å². The summed E-state index contributed by atoms with van der Waals surface area (Å²) in [6.45, 7) is 0.529. The van der Waals surface area contributed by atoms with Crippen LogP contribution in [-0.2, 0) is 36.3 Å². The molecular formula is C25H25N9O5S. The number of para-hydroxylation sites is 1. The minimum absolute atomic E-state index is 0.0811. The highest BCUT2D eigenvalue weighted by molar-refractivity contribution is 7.89. The van der Waals surface area contributed by atoms with Crippen molar-refractivity contribution in [3.63, 3.8) is 0 Å². The van der Waals surface area contributed by atoms with Crippen LogP contribution >= 0.6 is 0 Å². The molecule has 0 amide bonds. The lowest BCUT2D eigenvalue weighted by molar-refractivity contribution is 0.295. The monoisotopic (exact) mass is 563 g/mol. The smallest absolute Gasteiger partial charge is 0.247 e. The third-order valence-electron chi connectivity index (χ3n) is 5.77. The molecule has 0 aliphatic heterocycles. The van der Waals surface area contributed by atoms with Crippen molar-refractivity contribution in [2.75, 3.05) is 7.11 Å². The summed E-state index contributed by atoms with van der Waals surface area (Å²) in [5.41, 5.74) is 1.54. The fraction of sp³-hybridized carbons (Fsp3) is 0.200. The van der Waals surface area contributed by atoms with Gasteiger partial charge in [0, 0.05) is 13.1 Å². The van der Waals surface area contributed by atoms with E-state index in [1.54, 1.807) is 42.5 Å². The maximum absolute atomic E-state index is 13.9. The summed E-state index contributed by atoms with van der Waals surface area (Å²) in [6, 6.07) is 20.8. The maximum atomic E-state index is 13.9. The first-order valence-electron chi connectivity index (χ1n) is 12.0. The van der Waals surface area contributed by atoms with Gasteiger partial charge in [-0.2, -0.15) is 14.7 Å². The second-order valence-electron chi connectivity index (χ2n) is 8.45. The van der Waals surface area contributed by atoms with Crippen molar-refractivity contribution in [3.05, 3.63) is 95.6 Å². The molecule has 40 heavy (non-hydrogen) atoms. The van der Waals surface area contributed by atoms with Crippen LogP contribution in [0.15, 0.2) is 77.7 Å². The molecule has 0 bridgehead atoms. The predicted octanol–water partition coefficient (Wildman–Crippen LogP) is 2.27. The van der Waals surface area contributed by atoms with E-state index in [0.29, 0.717) is 23.1 Å². The van der Waals surface area contributed by atoms with Gasteiger partial charge in [0.05, 0.1) is 7.11 Å². The lowest BCUT2D eigenvalue weighted by Crippen LogP contribution is -2.30. The molecule has 0 fully saturated rings. The second kappa shape index (κ2) is 12.3. The van der Waals surface area contributed by atoms with Crippen LogP contribution in [0.3, 0.4) is 0 Å². The molecule has 2 N–H and O–H groups in total. The van der Waals surface area contributed by atoms with Gasteiger partial charge in [0.15, 0.2) is 13.2 Å². The number of sulfonamides is 1. The first-order valence-corrected chi connectivity index (χ1v) is 13.5. The van der Waals surface area contributed by atoms with Crippen LogP contribution in [0.1, 0.15) is 22.8 Å². The summed E-state index contributed by atoms with van der Waals surface area (Å²) in [7, 11) is -2.50. The molecule has 15 heteroatoms. The molecule has 0 aliphatic rings. The molecule has 0 spiro atoms. The minimum Gasteiger partial charge on any atom is -0.495 e. The molecule has 0 radical (unpaired) electrons. The molecule has 3 aromatic carbocycles. The zero-order valence-electron chi connectivity index (χ0n) is 21.3. The van der Waals surface area contributed by atoms with Crippen molar-refractivity contribution in [2.45, 2.75) is 31.2 Å². The molecule has 0 aliphatic carbocycles. The van der Waals surface area contributed by atoms with Crippen LogP contribution in [0, 0.1) is 0 Å². The molecular weight excluding hydrogens is 538 g/mol. The highest BCUT2D eigenvalue weighted by Gasteiger charge is 2.28. The van der Waals surface area contributed by atoms with Crippen molar-refractivity contribution in [3.8, 4) is 17.2 Å². The number of benzene rings is 3. The van der Waals surface area contributed by atoms with Gasteiger partial charge in [-0.3, -0.25) is 0 Å². The Balaban J connectivity index is 1.34. The highest BCUT2D eigenvalue weighted by Crippen LogP contribution is 2.29. The van der Waals surface area contributed by atoms with E-state index < -0.39 is 10.0 Å². The van der Waals surface area contributed by atoms with E-state index in [-0.39, 0.29) is 36.9 Å². The number of nitrogens with zero attached hydrogens (tertiary/aromatic N) is 7. The number of hydrogen-bond acceptors (Lipinski definition) is 11. The third-order valence-corrected chi connectivity index (χ3v) is 7.60. The molecule has 14 nitrogen and oxygen atoms in total. The van der Waals surface area contributed by atoms with Crippen LogP contribution < -0.4 is 14.2 Å². The van der Waals surface area contributed by atoms with Gasteiger partial charge in [-0.25, -0.2) is 8.42 Å². The predicted molar refractivity (Wildman–Crippen MR) is 139 cm³/mol. The Morgan fingerprint density at radius 3 is 1.68 bits per heavy atom. The lowest BCUT2D eigenvalue weighted by Gasteiger charge is -2.24. The molecule has 206 valence electrons. The Labute approximate surface area is 229 Å². The zero-order chi connectivity index (χ0) is 27.8. The van der Waals surface area contributed by atoms with Crippen LogP contribution in [0.25, 0.3) is 0 Å². The highest BCUT2D eigenvalue weighted by atomic mass is 32.2. The summed E-state index contributed by atoms with van der Waals surface area (Å²) in [4.78, 5) is 0.0811. The summed E-state index contributed by atoms with van der Waals surface area (Å²) >= 11 is 0. The number of H-pyrrole nitrogens is 2. The van der Waals surface area contributed by atoms with Gasteiger partial charge in [-0.15, -0.1) is 20.4 Å². The van der Waals surface area contributed by atoms with Crippen LogP contribution in [0.2, 0.25) is 0 Å². The lowest BCUT2D eigenvalue weighted by atomic mass is 10.2. The van der Waals surface area contributed by atoms with E-state index in [1.807, 2.05) is 24.3 Å². The van der Waals surface area contributed by atoms with E-state index in [9.17, 15) is 8.42 Å². The quantitative estimate of drug-likeness (QED) is 0.215. The first kappa shape index (κ1) is 26.7. The van der Waals surface area contributed by atoms with Crippen molar-refractivity contribution >= 4 is 10.0 Å². The van der Waals surface area contributed by atoms with Gasteiger partial charge in [0.1, 0.15) is 22.1 Å². The molecule has 0 saturated carbocycles. The number of methoxy groups -OCH3 is 1. The van der Waals surface area contributed by atoms with Gasteiger partial charge in [-0.1, -0.05) is 46.8 Å². The minimum atomic E-state index is -3.95. The van der Waals surface area contributed by atoms with E-state index in [2.05, 4.69) is 41.2 Å². The largest absolute Gasteiger partial charge is 0.495 e. The molecule has 0 unspecified atom stereocenters. The van der Waals surface area contributed by atoms with Gasteiger partial charge in [-0.05, 0) is 47.5 Å². The van der Waals surface area contributed by atoms with Gasteiger partial charge in [0.25, 0.3) is 0 Å². The molecule has 5 rings (SSSR count). The summed E-state index contributed by atoms with van der Waals surface area (Å²) in [5.74, 6) is 2.28. The van der Waals surface area contributed by atoms with E-state index >= 15 is 0 Å². The number of aromatic amines is 2. The Morgan fingerprint density at radius 2 is 1.23 bits per heavy atom. The maximum Gasteiger partial charge on any atom is 0.247 e. The summed E-state index contributed by atoms with van der Waals surface area (Å²) < 4.78 is 45.8. The Hall–Kier alpha value is -4.89. The second-order valence-corrected chi connectivity index (χ2v) is 10.4. The average Bonchev–Trinajstić information content (AvgIpc) is 3.71. The molecule has 0 saturated heterocycles. The van der Waals surface area contributed by atoms with Crippen LogP contribution in [-0.4, -0.2) is 61.1 Å². The Kier molecular flexibility index (Phi) is 8.22. The van der Waals surface area contributed by atoms with Crippen molar-refractivity contribution < 1.29 is 22.6 Å². The molecule has 2 heterocycles. The Morgan fingerprint density at radius 1 is 0.725 bits per heavy atom. The van der Waals surface area contributed by atoms with E-state index in [0.717, 1.165) is 11.1 Å². The van der Waals surface area contributed by atoms with Crippen molar-refractivity contribution in [2.24, 2.45) is 0 Å². The number of aromatic nitrogens is 8. The fourth-order valence-corrected chi connectivity index (χ4v) is 5.34. The third kappa shape index (κ3) is 6.57.